The molecule has 6 nitrogen and oxygen atoms in total. The van der Waals surface area contributed by atoms with Crippen LogP contribution < -0.4 is 5.32 Å². The van der Waals surface area contributed by atoms with Crippen LogP contribution in [0.2, 0.25) is 5.02 Å². The molecule has 2 aromatic rings. The third-order valence-corrected chi connectivity index (χ3v) is 5.89. The second-order valence-corrected chi connectivity index (χ2v) is 8.62. The smallest absolute Gasteiger partial charge is 0.256 e. The van der Waals surface area contributed by atoms with Crippen molar-refractivity contribution in [2.24, 2.45) is 4.40 Å². The first kappa shape index (κ1) is 20.4. The lowest BCUT2D eigenvalue weighted by Crippen LogP contribution is -2.29. The Kier molecular flexibility index (Phi) is 6.36. The van der Waals surface area contributed by atoms with Crippen LogP contribution in [-0.2, 0) is 10.0 Å². The fourth-order valence-corrected chi connectivity index (χ4v) is 4.14. The number of rotatable bonds is 5. The predicted octanol–water partition coefficient (Wildman–Crippen LogP) is 4.10. The molecule has 0 unspecified atom stereocenters. The average Bonchev–Trinajstić information content (AvgIpc) is 3.12. The first-order valence-electron chi connectivity index (χ1n) is 9.17. The minimum absolute atomic E-state index is 0.00968. The molecule has 0 radical (unpaired) electrons. The van der Waals surface area contributed by atoms with Gasteiger partial charge in [0.25, 0.3) is 10.0 Å². The van der Waals surface area contributed by atoms with Gasteiger partial charge in [0.15, 0.2) is 0 Å². The van der Waals surface area contributed by atoms with Crippen molar-refractivity contribution in [1.29, 1.82) is 0 Å². The van der Waals surface area contributed by atoms with Crippen LogP contribution in [-0.4, -0.2) is 37.0 Å². The molecule has 1 N–H and O–H groups in total. The van der Waals surface area contributed by atoms with Crippen LogP contribution in [0.1, 0.15) is 31.7 Å². The number of aromatic nitrogens is 2. The summed E-state index contributed by atoms with van der Waals surface area (Å²) in [7, 11) is -1.94. The van der Waals surface area contributed by atoms with E-state index in [2.05, 4.69) is 33.0 Å². The van der Waals surface area contributed by atoms with Gasteiger partial charge < -0.3 is 5.32 Å². The summed E-state index contributed by atoms with van der Waals surface area (Å²) in [6.07, 6.45) is 10.6. The summed E-state index contributed by atoms with van der Waals surface area (Å²) < 4.78 is 29.7. The van der Waals surface area contributed by atoms with Crippen molar-refractivity contribution >= 4 is 33.2 Å². The standard InChI is InChI=1S/C20H23ClN4O2S/c1-3-13-28(26,27)24-20(22-2)25-14-18(15-7-5-4-6-8-15)19(23-25)16-9-11-17(21)12-10-16/h5,7-12,14H,3-4,6,13H2,1-2H3,(H,22,24). The number of halogens is 1. The molecule has 0 spiro atoms. The summed E-state index contributed by atoms with van der Waals surface area (Å²) in [4.78, 5) is 0. The van der Waals surface area contributed by atoms with Crippen LogP contribution in [0.25, 0.3) is 16.8 Å². The number of benzene rings is 1. The summed E-state index contributed by atoms with van der Waals surface area (Å²) in [5.41, 5.74) is 3.60. The van der Waals surface area contributed by atoms with Crippen molar-refractivity contribution in [3.63, 3.8) is 0 Å². The second kappa shape index (κ2) is 8.75. The number of hydrogen-bond acceptors (Lipinski definition) is 3. The molecule has 1 aliphatic carbocycles. The molecule has 3 rings (SSSR count). The number of sulfonamides is 1. The summed E-state index contributed by atoms with van der Waals surface area (Å²) >= 11 is 6.02. The molecule has 0 aliphatic heterocycles. The zero-order chi connectivity index (χ0) is 20.1. The Labute approximate surface area is 170 Å². The van der Waals surface area contributed by atoms with Gasteiger partial charge in [-0.15, -0.1) is 4.40 Å². The maximum absolute atomic E-state index is 12.2. The summed E-state index contributed by atoms with van der Waals surface area (Å²) in [6.45, 7) is 1.80. The Morgan fingerprint density at radius 1 is 1.29 bits per heavy atom. The molecule has 1 aromatic carbocycles. The van der Waals surface area contributed by atoms with Crippen molar-refractivity contribution in [3.8, 4) is 11.3 Å². The van der Waals surface area contributed by atoms with Crippen molar-refractivity contribution < 1.29 is 8.42 Å². The van der Waals surface area contributed by atoms with E-state index in [-0.39, 0.29) is 11.7 Å². The minimum atomic E-state index is -3.57. The van der Waals surface area contributed by atoms with E-state index in [1.807, 2.05) is 30.5 Å². The summed E-state index contributed by atoms with van der Waals surface area (Å²) in [5, 5.41) is 8.13. The number of allylic oxidation sites excluding steroid dienone is 4. The van der Waals surface area contributed by atoms with Gasteiger partial charge in [-0.05, 0) is 37.0 Å². The molecule has 28 heavy (non-hydrogen) atoms. The highest BCUT2D eigenvalue weighted by Crippen LogP contribution is 2.31. The molecular formula is C20H23ClN4O2S. The van der Waals surface area contributed by atoms with Crippen molar-refractivity contribution in [2.45, 2.75) is 26.2 Å². The maximum atomic E-state index is 12.2. The highest BCUT2D eigenvalue weighted by molar-refractivity contribution is 7.90. The summed E-state index contributed by atoms with van der Waals surface area (Å²) in [6, 6.07) is 7.42. The predicted molar refractivity (Wildman–Crippen MR) is 115 cm³/mol. The van der Waals surface area contributed by atoms with Gasteiger partial charge in [0, 0.05) is 29.4 Å². The van der Waals surface area contributed by atoms with E-state index in [4.69, 9.17) is 11.6 Å². The molecule has 1 heterocycles. The topological polar surface area (TPSA) is 76.3 Å². The molecule has 0 fully saturated rings. The first-order valence-corrected chi connectivity index (χ1v) is 11.2. The zero-order valence-electron chi connectivity index (χ0n) is 15.9. The average molecular weight is 419 g/mol. The first-order chi connectivity index (χ1) is 13.4. The molecule has 1 aliphatic rings. The van der Waals surface area contributed by atoms with Crippen LogP contribution in [0.15, 0.2) is 53.1 Å². The van der Waals surface area contributed by atoms with Gasteiger partial charge in [-0.1, -0.05) is 48.9 Å². The van der Waals surface area contributed by atoms with E-state index in [0.717, 1.165) is 35.2 Å². The Morgan fingerprint density at radius 2 is 2.04 bits per heavy atom. The van der Waals surface area contributed by atoms with E-state index in [0.29, 0.717) is 11.4 Å². The quantitative estimate of drug-likeness (QED) is 0.585. The van der Waals surface area contributed by atoms with Crippen molar-refractivity contribution in [3.05, 3.63) is 59.3 Å². The van der Waals surface area contributed by atoms with Gasteiger partial charge >= 0.3 is 0 Å². The van der Waals surface area contributed by atoms with Crippen LogP contribution in [0.5, 0.6) is 0 Å². The zero-order valence-corrected chi connectivity index (χ0v) is 17.5. The van der Waals surface area contributed by atoms with Crippen LogP contribution >= 0.6 is 11.6 Å². The Hall–Kier alpha value is -2.38. The van der Waals surface area contributed by atoms with Gasteiger partial charge in [0.05, 0.1) is 5.75 Å². The lowest BCUT2D eigenvalue weighted by Gasteiger charge is -2.07. The fraction of sp³-hybridized carbons (Fsp3) is 0.300. The van der Waals surface area contributed by atoms with Crippen molar-refractivity contribution in [1.82, 2.24) is 15.1 Å². The van der Waals surface area contributed by atoms with Crippen LogP contribution in [0.3, 0.4) is 0 Å². The highest BCUT2D eigenvalue weighted by atomic mass is 35.5. The third kappa shape index (κ3) is 4.72. The third-order valence-electron chi connectivity index (χ3n) is 4.27. The minimum Gasteiger partial charge on any atom is -0.357 e. The van der Waals surface area contributed by atoms with Gasteiger partial charge in [0.1, 0.15) is 5.69 Å². The molecular weight excluding hydrogens is 396 g/mol. The molecule has 0 amide bonds. The second-order valence-electron chi connectivity index (χ2n) is 6.43. The molecule has 1 aromatic heterocycles. The molecule has 0 saturated carbocycles. The maximum Gasteiger partial charge on any atom is 0.256 e. The van der Waals surface area contributed by atoms with Gasteiger partial charge in [-0.2, -0.15) is 5.10 Å². The van der Waals surface area contributed by atoms with Crippen molar-refractivity contribution in [2.75, 3.05) is 12.8 Å². The normalized spacial score (nSPS) is 14.8. The largest absolute Gasteiger partial charge is 0.357 e. The summed E-state index contributed by atoms with van der Waals surface area (Å²) in [5.74, 6) is 0.153. The Morgan fingerprint density at radius 3 is 2.64 bits per heavy atom. The lowest BCUT2D eigenvalue weighted by atomic mass is 9.97. The molecule has 8 heteroatoms. The van der Waals surface area contributed by atoms with E-state index < -0.39 is 10.0 Å². The van der Waals surface area contributed by atoms with Gasteiger partial charge in [0.2, 0.25) is 5.96 Å². The number of nitrogens with zero attached hydrogens (tertiary/aromatic N) is 3. The fourth-order valence-electron chi connectivity index (χ4n) is 2.97. The SMILES string of the molecule is CCCS(=O)(=O)N=C(NC)n1cc(C2=CCCC=C2)c(-c2ccc(Cl)cc2)n1. The van der Waals surface area contributed by atoms with Gasteiger partial charge in [-0.3, -0.25) is 0 Å². The monoisotopic (exact) mass is 418 g/mol. The number of hydrogen-bond donors (Lipinski definition) is 1. The van der Waals surface area contributed by atoms with E-state index >= 15 is 0 Å². The lowest BCUT2D eigenvalue weighted by molar-refractivity contribution is 0.596. The molecule has 0 bridgehead atoms. The number of nitrogens with one attached hydrogen (secondary N) is 1. The molecule has 0 atom stereocenters. The highest BCUT2D eigenvalue weighted by Gasteiger charge is 2.18. The van der Waals surface area contributed by atoms with Gasteiger partial charge in [-0.25, -0.2) is 13.1 Å². The molecule has 0 saturated heterocycles. The van der Waals surface area contributed by atoms with E-state index in [1.165, 1.54) is 4.68 Å². The van der Waals surface area contributed by atoms with E-state index in [1.54, 1.807) is 14.0 Å². The van der Waals surface area contributed by atoms with Crippen LogP contribution in [0, 0.1) is 0 Å². The van der Waals surface area contributed by atoms with Crippen LogP contribution in [0.4, 0.5) is 0 Å². The molecule has 148 valence electrons. The Bertz CT molecular complexity index is 1030. The van der Waals surface area contributed by atoms with E-state index in [9.17, 15) is 8.42 Å². The Balaban J connectivity index is 2.13.